The Morgan fingerprint density at radius 3 is 1.23 bits per heavy atom. The lowest BCUT2D eigenvalue weighted by atomic mass is 9.97. The van der Waals surface area contributed by atoms with Crippen LogP contribution in [0.15, 0.2) is 84.9 Å². The lowest BCUT2D eigenvalue weighted by Gasteiger charge is -2.16. The average Bonchev–Trinajstić information content (AvgIpc) is 2.80. The first-order valence-electron chi connectivity index (χ1n) is 10.7. The number of alkyl halides is 6. The molecule has 0 atom stereocenters. The molecule has 180 valence electrons. The van der Waals surface area contributed by atoms with Gasteiger partial charge in [0.25, 0.3) is 0 Å². The fourth-order valence-electron chi connectivity index (χ4n) is 3.95. The van der Waals surface area contributed by atoms with Crippen LogP contribution in [0.3, 0.4) is 0 Å². The normalized spacial score (nSPS) is 12.0. The largest absolute Gasteiger partial charge is 0.457 e. The number of benzene rings is 4. The van der Waals surface area contributed by atoms with E-state index >= 15 is 0 Å². The van der Waals surface area contributed by atoms with Crippen molar-refractivity contribution in [2.24, 2.45) is 0 Å². The smallest absolute Gasteiger partial charge is 0.417 e. The summed E-state index contributed by atoms with van der Waals surface area (Å²) in [7, 11) is 0. The number of halogens is 6. The predicted molar refractivity (Wildman–Crippen MR) is 123 cm³/mol. The van der Waals surface area contributed by atoms with E-state index in [9.17, 15) is 26.3 Å². The van der Waals surface area contributed by atoms with E-state index in [0.717, 1.165) is 12.1 Å². The van der Waals surface area contributed by atoms with Gasteiger partial charge < -0.3 is 4.74 Å². The fourth-order valence-corrected chi connectivity index (χ4v) is 3.95. The van der Waals surface area contributed by atoms with Crippen LogP contribution >= 0.6 is 0 Å². The van der Waals surface area contributed by atoms with E-state index in [4.69, 9.17) is 4.74 Å². The molecule has 0 saturated carbocycles. The summed E-state index contributed by atoms with van der Waals surface area (Å²) in [4.78, 5) is 0. The Labute approximate surface area is 198 Å². The van der Waals surface area contributed by atoms with Gasteiger partial charge >= 0.3 is 12.4 Å². The van der Waals surface area contributed by atoms with Crippen LogP contribution in [0.2, 0.25) is 0 Å². The van der Waals surface area contributed by atoms with Gasteiger partial charge in [-0.1, -0.05) is 48.5 Å². The van der Waals surface area contributed by atoms with Gasteiger partial charge in [-0.25, -0.2) is 0 Å². The van der Waals surface area contributed by atoms with Crippen LogP contribution in [0, 0.1) is 13.8 Å². The zero-order valence-electron chi connectivity index (χ0n) is 18.8. The molecule has 0 radical (unpaired) electrons. The zero-order chi connectivity index (χ0) is 25.4. The van der Waals surface area contributed by atoms with Gasteiger partial charge in [0.15, 0.2) is 0 Å². The summed E-state index contributed by atoms with van der Waals surface area (Å²) in [6.45, 7) is 3.44. The van der Waals surface area contributed by atoms with Crippen molar-refractivity contribution in [2.45, 2.75) is 26.2 Å². The highest BCUT2D eigenvalue weighted by Crippen LogP contribution is 2.40. The van der Waals surface area contributed by atoms with Crippen LogP contribution in [-0.2, 0) is 12.4 Å². The Morgan fingerprint density at radius 1 is 0.514 bits per heavy atom. The molecule has 0 spiro atoms. The van der Waals surface area contributed by atoms with Crippen LogP contribution in [0.4, 0.5) is 26.3 Å². The molecule has 0 fully saturated rings. The summed E-state index contributed by atoms with van der Waals surface area (Å²) in [5, 5.41) is 0. The maximum absolute atomic E-state index is 13.4. The number of rotatable bonds is 4. The second kappa shape index (κ2) is 9.13. The van der Waals surface area contributed by atoms with Crippen LogP contribution < -0.4 is 4.74 Å². The highest BCUT2D eigenvalue weighted by atomic mass is 19.4. The second-order valence-corrected chi connectivity index (χ2v) is 8.15. The SMILES string of the molecule is Cc1cc(-c2ccccc2C(F)(F)F)ccc1Oc1ccc(-c2ccccc2C(F)(F)F)cc1C. The first kappa shape index (κ1) is 24.4. The summed E-state index contributed by atoms with van der Waals surface area (Å²) in [5.74, 6) is 0.870. The third-order valence-electron chi connectivity index (χ3n) is 5.66. The molecule has 1 nitrogen and oxygen atoms in total. The molecule has 4 aromatic rings. The Balaban J connectivity index is 1.64. The van der Waals surface area contributed by atoms with Crippen LogP contribution in [-0.4, -0.2) is 0 Å². The van der Waals surface area contributed by atoms with Crippen molar-refractivity contribution < 1.29 is 31.1 Å². The number of ether oxygens (including phenoxy) is 1. The van der Waals surface area contributed by atoms with Gasteiger partial charge in [-0.3, -0.25) is 0 Å². The monoisotopic (exact) mass is 486 g/mol. The summed E-state index contributed by atoms with van der Waals surface area (Å²) in [5.41, 5.74) is 0.724. The quantitative estimate of drug-likeness (QED) is 0.261. The molecule has 0 aliphatic carbocycles. The van der Waals surface area contributed by atoms with Gasteiger partial charge in [0.05, 0.1) is 11.1 Å². The number of aryl methyl sites for hydroxylation is 2. The predicted octanol–water partition coefficient (Wildman–Crippen LogP) is 9.47. The molecule has 0 aliphatic heterocycles. The van der Waals surface area contributed by atoms with E-state index in [1.807, 2.05) is 0 Å². The molecule has 0 saturated heterocycles. The van der Waals surface area contributed by atoms with Gasteiger partial charge in [-0.2, -0.15) is 26.3 Å². The van der Waals surface area contributed by atoms with Crippen molar-refractivity contribution in [3.05, 3.63) is 107 Å². The van der Waals surface area contributed by atoms with E-state index in [-0.39, 0.29) is 11.1 Å². The molecule has 0 amide bonds. The second-order valence-electron chi connectivity index (χ2n) is 8.15. The lowest BCUT2D eigenvalue weighted by molar-refractivity contribution is -0.137. The van der Waals surface area contributed by atoms with Crippen molar-refractivity contribution in [2.75, 3.05) is 0 Å². The van der Waals surface area contributed by atoms with Crippen molar-refractivity contribution in [1.29, 1.82) is 0 Å². The van der Waals surface area contributed by atoms with Gasteiger partial charge in [-0.15, -0.1) is 0 Å². The molecule has 0 bridgehead atoms. The minimum absolute atomic E-state index is 0.0681. The molecule has 0 aromatic heterocycles. The van der Waals surface area contributed by atoms with Crippen LogP contribution in [0.1, 0.15) is 22.3 Å². The van der Waals surface area contributed by atoms with E-state index < -0.39 is 23.5 Å². The zero-order valence-corrected chi connectivity index (χ0v) is 18.8. The molecule has 0 heterocycles. The van der Waals surface area contributed by atoms with Crippen LogP contribution in [0.25, 0.3) is 22.3 Å². The minimum Gasteiger partial charge on any atom is -0.457 e. The molecular formula is C28H20F6O. The van der Waals surface area contributed by atoms with E-state index in [1.165, 1.54) is 24.3 Å². The summed E-state index contributed by atoms with van der Waals surface area (Å²) in [6, 6.07) is 20.2. The maximum atomic E-state index is 13.4. The molecule has 4 rings (SSSR count). The molecule has 7 heteroatoms. The fraction of sp³-hybridized carbons (Fsp3) is 0.143. The number of hydrogen-bond donors (Lipinski definition) is 0. The minimum atomic E-state index is -4.48. The van der Waals surface area contributed by atoms with Gasteiger partial charge in [-0.05, 0) is 83.6 Å². The molecule has 0 N–H and O–H groups in total. The lowest BCUT2D eigenvalue weighted by Crippen LogP contribution is -2.07. The third kappa shape index (κ3) is 5.19. The summed E-state index contributed by atoms with van der Waals surface area (Å²) < 4.78 is 86.4. The first-order valence-corrected chi connectivity index (χ1v) is 10.7. The number of hydrogen-bond acceptors (Lipinski definition) is 1. The Kier molecular flexibility index (Phi) is 6.36. The van der Waals surface area contributed by atoms with E-state index in [0.29, 0.717) is 33.8 Å². The Hall–Kier alpha value is -3.74. The Morgan fingerprint density at radius 2 is 0.886 bits per heavy atom. The molecule has 35 heavy (non-hydrogen) atoms. The van der Waals surface area contributed by atoms with Gasteiger partial charge in [0.1, 0.15) is 11.5 Å². The molecular weight excluding hydrogens is 466 g/mol. The standard InChI is InChI=1S/C28H20F6O/c1-17-15-19(21-7-3-5-9-23(21)27(29,30)31)11-13-25(17)35-26-14-12-20(16-18(26)2)22-8-4-6-10-24(22)28(32,33)34/h3-16H,1-2H3. The maximum Gasteiger partial charge on any atom is 0.417 e. The third-order valence-corrected chi connectivity index (χ3v) is 5.66. The van der Waals surface area contributed by atoms with E-state index in [1.54, 1.807) is 62.4 Å². The van der Waals surface area contributed by atoms with Crippen molar-refractivity contribution in [1.82, 2.24) is 0 Å². The topological polar surface area (TPSA) is 9.23 Å². The van der Waals surface area contributed by atoms with Crippen molar-refractivity contribution >= 4 is 0 Å². The Bertz CT molecular complexity index is 1260. The van der Waals surface area contributed by atoms with Gasteiger partial charge in [0, 0.05) is 0 Å². The summed E-state index contributed by atoms with van der Waals surface area (Å²) >= 11 is 0. The molecule has 0 unspecified atom stereocenters. The highest BCUT2D eigenvalue weighted by molar-refractivity contribution is 5.71. The van der Waals surface area contributed by atoms with E-state index in [2.05, 4.69) is 0 Å². The van der Waals surface area contributed by atoms with Crippen molar-refractivity contribution in [3.63, 3.8) is 0 Å². The molecule has 4 aromatic carbocycles. The average molecular weight is 486 g/mol. The summed E-state index contributed by atoms with van der Waals surface area (Å²) in [6.07, 6.45) is -8.97. The molecule has 0 aliphatic rings. The van der Waals surface area contributed by atoms with Crippen LogP contribution in [0.5, 0.6) is 11.5 Å². The van der Waals surface area contributed by atoms with Gasteiger partial charge in [0.2, 0.25) is 0 Å². The van der Waals surface area contributed by atoms with Crippen molar-refractivity contribution in [3.8, 4) is 33.8 Å². The first-order chi connectivity index (χ1) is 16.4. The highest BCUT2D eigenvalue weighted by Gasteiger charge is 2.34.